The molecule has 1 aromatic rings. The molecule has 2 heterocycles. The van der Waals surface area contributed by atoms with Gasteiger partial charge < -0.3 is 10.0 Å². The van der Waals surface area contributed by atoms with Crippen molar-refractivity contribution in [1.82, 2.24) is 0 Å². The van der Waals surface area contributed by atoms with Crippen molar-refractivity contribution in [2.75, 3.05) is 24.6 Å². The van der Waals surface area contributed by atoms with E-state index in [-0.39, 0.29) is 6.61 Å². The van der Waals surface area contributed by atoms with Crippen LogP contribution < -0.4 is 4.90 Å². The molecule has 2 aliphatic heterocycles. The SMILES string of the molecule is CC(C)C(CO)c1cc2c3c(c1)CCCN3CCC2. The van der Waals surface area contributed by atoms with Crippen molar-refractivity contribution >= 4 is 5.69 Å². The van der Waals surface area contributed by atoms with Crippen molar-refractivity contribution in [3.63, 3.8) is 0 Å². The van der Waals surface area contributed by atoms with Gasteiger partial charge >= 0.3 is 0 Å². The lowest BCUT2D eigenvalue weighted by Gasteiger charge is -2.38. The van der Waals surface area contributed by atoms with Crippen molar-refractivity contribution in [2.24, 2.45) is 5.92 Å². The highest BCUT2D eigenvalue weighted by Crippen LogP contribution is 2.38. The summed E-state index contributed by atoms with van der Waals surface area (Å²) in [5.74, 6) is 0.789. The molecule has 3 rings (SSSR count). The minimum Gasteiger partial charge on any atom is -0.396 e. The maximum Gasteiger partial charge on any atom is 0.0502 e. The molecule has 0 fully saturated rings. The molecular formula is C17H25NO. The molecule has 2 nitrogen and oxygen atoms in total. The number of nitrogens with zero attached hydrogens (tertiary/aromatic N) is 1. The van der Waals surface area contributed by atoms with Crippen molar-refractivity contribution in [3.05, 3.63) is 28.8 Å². The fraction of sp³-hybridized carbons (Fsp3) is 0.647. The van der Waals surface area contributed by atoms with Gasteiger partial charge in [0.15, 0.2) is 0 Å². The average Bonchev–Trinajstić information content (AvgIpc) is 2.39. The summed E-state index contributed by atoms with van der Waals surface area (Å²) in [4.78, 5) is 2.57. The van der Waals surface area contributed by atoms with E-state index in [9.17, 15) is 5.11 Å². The van der Waals surface area contributed by atoms with Crippen LogP contribution in [0.1, 0.15) is 49.3 Å². The topological polar surface area (TPSA) is 23.5 Å². The average molecular weight is 259 g/mol. The second-order valence-corrected chi connectivity index (χ2v) is 6.41. The third-order valence-corrected chi connectivity index (χ3v) is 4.78. The summed E-state index contributed by atoms with van der Waals surface area (Å²) in [5.41, 5.74) is 5.94. The van der Waals surface area contributed by atoms with Gasteiger partial charge in [0.1, 0.15) is 0 Å². The summed E-state index contributed by atoms with van der Waals surface area (Å²) in [6, 6.07) is 4.74. The fourth-order valence-electron chi connectivity index (χ4n) is 3.75. The van der Waals surface area contributed by atoms with Crippen molar-refractivity contribution in [1.29, 1.82) is 0 Å². The summed E-state index contributed by atoms with van der Waals surface area (Å²) < 4.78 is 0. The van der Waals surface area contributed by atoms with Crippen LogP contribution in [0.15, 0.2) is 12.1 Å². The lowest BCUT2D eigenvalue weighted by Crippen LogP contribution is -2.34. The van der Waals surface area contributed by atoms with Crippen LogP contribution in [0.4, 0.5) is 5.69 Å². The largest absolute Gasteiger partial charge is 0.396 e. The van der Waals surface area contributed by atoms with Gasteiger partial charge in [0.25, 0.3) is 0 Å². The van der Waals surface area contributed by atoms with Crippen molar-refractivity contribution in [2.45, 2.75) is 45.4 Å². The zero-order valence-electron chi connectivity index (χ0n) is 12.2. The Morgan fingerprint density at radius 2 is 1.68 bits per heavy atom. The van der Waals surface area contributed by atoms with Crippen LogP contribution in [-0.2, 0) is 12.8 Å². The molecule has 0 saturated carbocycles. The summed E-state index contributed by atoms with van der Waals surface area (Å²) in [6.07, 6.45) is 4.98. The first-order valence-corrected chi connectivity index (χ1v) is 7.72. The number of aliphatic hydroxyl groups is 1. The van der Waals surface area contributed by atoms with Crippen LogP contribution in [0.5, 0.6) is 0 Å². The lowest BCUT2D eigenvalue weighted by molar-refractivity contribution is 0.237. The Labute approximate surface area is 116 Å². The standard InChI is InChI=1S/C17H25NO/c1-12(2)16(11-19)15-9-13-5-3-7-18-8-4-6-14(10-15)17(13)18/h9-10,12,16,19H,3-8,11H2,1-2H3. The highest BCUT2D eigenvalue weighted by molar-refractivity contribution is 5.64. The van der Waals surface area contributed by atoms with Crippen LogP contribution in [0.3, 0.4) is 0 Å². The first-order valence-electron chi connectivity index (χ1n) is 7.72. The molecule has 2 heteroatoms. The maximum atomic E-state index is 9.67. The third kappa shape index (κ3) is 2.27. The smallest absolute Gasteiger partial charge is 0.0502 e. The van der Waals surface area contributed by atoms with E-state index in [1.807, 2.05) is 0 Å². The van der Waals surface area contributed by atoms with Crippen LogP contribution in [0, 0.1) is 5.92 Å². The summed E-state index contributed by atoms with van der Waals surface area (Å²) in [6.45, 7) is 7.13. The second kappa shape index (κ2) is 5.16. The molecule has 1 atom stereocenters. The van der Waals surface area contributed by atoms with E-state index in [0.717, 1.165) is 0 Å². The molecule has 0 spiro atoms. The van der Waals surface area contributed by atoms with Crippen LogP contribution >= 0.6 is 0 Å². The number of anilines is 1. The maximum absolute atomic E-state index is 9.67. The normalized spacial score (nSPS) is 19.5. The van der Waals surface area contributed by atoms with Gasteiger partial charge in [-0.15, -0.1) is 0 Å². The highest BCUT2D eigenvalue weighted by Gasteiger charge is 2.26. The Morgan fingerprint density at radius 1 is 1.11 bits per heavy atom. The monoisotopic (exact) mass is 259 g/mol. The molecule has 0 saturated heterocycles. The molecule has 104 valence electrons. The molecule has 1 unspecified atom stereocenters. The number of aliphatic hydroxyl groups excluding tert-OH is 1. The van der Waals surface area contributed by atoms with E-state index >= 15 is 0 Å². The number of aryl methyl sites for hydroxylation is 2. The summed E-state index contributed by atoms with van der Waals surface area (Å²) in [7, 11) is 0. The Balaban J connectivity index is 2.05. The van der Waals surface area contributed by atoms with E-state index in [2.05, 4.69) is 30.9 Å². The van der Waals surface area contributed by atoms with E-state index in [0.29, 0.717) is 11.8 Å². The van der Waals surface area contributed by atoms with E-state index in [4.69, 9.17) is 0 Å². The molecule has 0 aliphatic carbocycles. The molecule has 0 radical (unpaired) electrons. The summed E-state index contributed by atoms with van der Waals surface area (Å²) >= 11 is 0. The molecule has 0 amide bonds. The predicted molar refractivity (Wildman–Crippen MR) is 80.0 cm³/mol. The molecule has 0 aromatic heterocycles. The van der Waals surface area contributed by atoms with Gasteiger partial charge in [-0.25, -0.2) is 0 Å². The number of hydrogen-bond acceptors (Lipinski definition) is 2. The van der Waals surface area contributed by atoms with Gasteiger partial charge in [-0.2, -0.15) is 0 Å². The fourth-order valence-corrected chi connectivity index (χ4v) is 3.75. The van der Waals surface area contributed by atoms with Gasteiger partial charge in [-0.05, 0) is 48.3 Å². The Morgan fingerprint density at radius 3 is 2.16 bits per heavy atom. The van der Waals surface area contributed by atoms with Gasteiger partial charge in [-0.1, -0.05) is 26.0 Å². The Bertz CT molecular complexity index is 435. The Kier molecular flexibility index (Phi) is 3.53. The van der Waals surface area contributed by atoms with Crippen molar-refractivity contribution < 1.29 is 5.11 Å². The minimum absolute atomic E-state index is 0.263. The van der Waals surface area contributed by atoms with Gasteiger partial charge in [0.05, 0.1) is 6.61 Å². The molecule has 0 bridgehead atoms. The molecule has 2 aliphatic rings. The van der Waals surface area contributed by atoms with E-state index in [1.165, 1.54) is 61.2 Å². The predicted octanol–water partition coefficient (Wildman–Crippen LogP) is 3.12. The molecule has 1 N–H and O–H groups in total. The number of rotatable bonds is 3. The molecular weight excluding hydrogens is 234 g/mol. The molecule has 19 heavy (non-hydrogen) atoms. The molecule has 1 aromatic carbocycles. The van der Waals surface area contributed by atoms with Gasteiger partial charge in [0.2, 0.25) is 0 Å². The Hall–Kier alpha value is -1.02. The summed E-state index contributed by atoms with van der Waals surface area (Å²) in [5, 5.41) is 9.67. The van der Waals surface area contributed by atoms with E-state index < -0.39 is 0 Å². The van der Waals surface area contributed by atoms with Crippen LogP contribution in [0.2, 0.25) is 0 Å². The zero-order chi connectivity index (χ0) is 13.4. The van der Waals surface area contributed by atoms with Crippen molar-refractivity contribution in [3.8, 4) is 0 Å². The van der Waals surface area contributed by atoms with Crippen LogP contribution in [0.25, 0.3) is 0 Å². The quantitative estimate of drug-likeness (QED) is 0.901. The number of benzene rings is 1. The minimum atomic E-state index is 0.263. The van der Waals surface area contributed by atoms with Gasteiger partial charge in [0, 0.05) is 24.7 Å². The third-order valence-electron chi connectivity index (χ3n) is 4.78. The first kappa shape index (κ1) is 13.0. The number of hydrogen-bond donors (Lipinski definition) is 1. The van der Waals surface area contributed by atoms with Gasteiger partial charge in [-0.3, -0.25) is 0 Å². The second-order valence-electron chi connectivity index (χ2n) is 6.41. The zero-order valence-corrected chi connectivity index (χ0v) is 12.2. The lowest BCUT2D eigenvalue weighted by atomic mass is 9.83. The van der Waals surface area contributed by atoms with E-state index in [1.54, 1.807) is 0 Å². The first-order chi connectivity index (χ1) is 9.20. The highest BCUT2D eigenvalue weighted by atomic mass is 16.3. The van der Waals surface area contributed by atoms with Crippen LogP contribution in [-0.4, -0.2) is 24.8 Å².